The second kappa shape index (κ2) is 4.18. The largest absolute Gasteiger partial charge is 0.393 e. The van der Waals surface area contributed by atoms with Crippen LogP contribution in [-0.2, 0) is 6.42 Å². The van der Waals surface area contributed by atoms with Gasteiger partial charge >= 0.3 is 0 Å². The summed E-state index contributed by atoms with van der Waals surface area (Å²) in [6.07, 6.45) is 5.07. The van der Waals surface area contributed by atoms with Gasteiger partial charge in [-0.1, -0.05) is 6.07 Å². The quantitative estimate of drug-likeness (QED) is 0.794. The maximum absolute atomic E-state index is 9.20. The van der Waals surface area contributed by atoms with Crippen molar-refractivity contribution in [1.29, 1.82) is 0 Å². The highest BCUT2D eigenvalue weighted by Gasteiger charge is 2.01. The summed E-state index contributed by atoms with van der Waals surface area (Å²) in [5.74, 6) is 0.724. The summed E-state index contributed by atoms with van der Waals surface area (Å²) in [6, 6.07) is 3.78. The normalized spacial score (nSPS) is 12.7. The third-order valence-corrected chi connectivity index (χ3v) is 1.99. The smallest absolute Gasteiger partial charge is 0.155 e. The van der Waals surface area contributed by atoms with Gasteiger partial charge < -0.3 is 5.11 Å². The van der Waals surface area contributed by atoms with Crippen LogP contribution in [0, 0.1) is 0 Å². The van der Waals surface area contributed by atoms with Gasteiger partial charge in [0.25, 0.3) is 0 Å². The molecule has 0 spiro atoms. The van der Waals surface area contributed by atoms with Gasteiger partial charge in [0.2, 0.25) is 0 Å². The standard InChI is InChI=1S/C10H12N4O/c1-8(15)4-9-2-3-10(12-5-9)14-7-11-6-13-14/h2-3,5-8,15H,4H2,1H3/t8-/m0/s1. The monoisotopic (exact) mass is 204 g/mol. The van der Waals surface area contributed by atoms with Gasteiger partial charge in [0.15, 0.2) is 5.82 Å². The fourth-order valence-corrected chi connectivity index (χ4v) is 1.34. The molecule has 1 N–H and O–H groups in total. The van der Waals surface area contributed by atoms with E-state index in [0.29, 0.717) is 6.42 Å². The summed E-state index contributed by atoms with van der Waals surface area (Å²) in [5, 5.41) is 13.2. The van der Waals surface area contributed by atoms with Crippen molar-refractivity contribution in [2.75, 3.05) is 0 Å². The number of nitrogens with zero attached hydrogens (tertiary/aromatic N) is 4. The van der Waals surface area contributed by atoms with Crippen molar-refractivity contribution < 1.29 is 5.11 Å². The third kappa shape index (κ3) is 2.38. The Kier molecular flexibility index (Phi) is 2.73. The van der Waals surface area contributed by atoms with E-state index in [1.165, 1.54) is 6.33 Å². The first-order valence-corrected chi connectivity index (χ1v) is 4.73. The van der Waals surface area contributed by atoms with Crippen molar-refractivity contribution in [2.45, 2.75) is 19.4 Å². The van der Waals surface area contributed by atoms with E-state index < -0.39 is 0 Å². The van der Waals surface area contributed by atoms with Crippen LogP contribution < -0.4 is 0 Å². The highest BCUT2D eigenvalue weighted by molar-refractivity contribution is 5.23. The third-order valence-electron chi connectivity index (χ3n) is 1.99. The van der Waals surface area contributed by atoms with Crippen LogP contribution in [0.1, 0.15) is 12.5 Å². The molecule has 0 radical (unpaired) electrons. The number of pyridine rings is 1. The Hall–Kier alpha value is -1.75. The number of hydrogen-bond acceptors (Lipinski definition) is 4. The summed E-state index contributed by atoms with van der Waals surface area (Å²) in [7, 11) is 0. The van der Waals surface area contributed by atoms with E-state index in [-0.39, 0.29) is 6.10 Å². The van der Waals surface area contributed by atoms with E-state index in [1.807, 2.05) is 12.1 Å². The second-order valence-electron chi connectivity index (χ2n) is 3.42. The Morgan fingerprint density at radius 2 is 2.33 bits per heavy atom. The van der Waals surface area contributed by atoms with E-state index in [9.17, 15) is 5.11 Å². The minimum Gasteiger partial charge on any atom is -0.393 e. The topological polar surface area (TPSA) is 63.8 Å². The molecule has 0 saturated carbocycles. The van der Waals surface area contributed by atoms with Crippen LogP contribution in [0.25, 0.3) is 5.82 Å². The molecule has 0 aliphatic heterocycles. The minimum absolute atomic E-state index is 0.343. The van der Waals surface area contributed by atoms with Crippen LogP contribution in [-0.4, -0.2) is 31.0 Å². The van der Waals surface area contributed by atoms with Crippen molar-refractivity contribution in [2.24, 2.45) is 0 Å². The number of aliphatic hydroxyl groups excluding tert-OH is 1. The lowest BCUT2D eigenvalue weighted by atomic mass is 10.1. The Morgan fingerprint density at radius 1 is 1.47 bits per heavy atom. The van der Waals surface area contributed by atoms with Crippen LogP contribution in [0.5, 0.6) is 0 Å². The Balaban J connectivity index is 2.17. The van der Waals surface area contributed by atoms with Crippen LogP contribution >= 0.6 is 0 Å². The molecule has 15 heavy (non-hydrogen) atoms. The zero-order chi connectivity index (χ0) is 10.7. The van der Waals surface area contributed by atoms with E-state index in [1.54, 1.807) is 24.1 Å². The molecule has 0 aromatic carbocycles. The zero-order valence-corrected chi connectivity index (χ0v) is 8.41. The predicted molar refractivity (Wildman–Crippen MR) is 54.5 cm³/mol. The first kappa shape index (κ1) is 9.79. The lowest BCUT2D eigenvalue weighted by Crippen LogP contribution is -2.05. The van der Waals surface area contributed by atoms with Crippen molar-refractivity contribution in [3.63, 3.8) is 0 Å². The predicted octanol–water partition coefficient (Wildman–Crippen LogP) is 0.586. The van der Waals surface area contributed by atoms with Gasteiger partial charge in [-0.15, -0.1) is 0 Å². The molecule has 0 aliphatic carbocycles. The summed E-state index contributed by atoms with van der Waals surface area (Å²) in [4.78, 5) is 8.06. The molecule has 2 aromatic heterocycles. The van der Waals surface area contributed by atoms with Crippen molar-refractivity contribution in [3.8, 4) is 5.82 Å². The molecule has 0 aliphatic rings. The summed E-state index contributed by atoms with van der Waals surface area (Å²) in [6.45, 7) is 1.76. The molecule has 2 heterocycles. The number of hydrogen-bond donors (Lipinski definition) is 1. The van der Waals surface area contributed by atoms with E-state index in [0.717, 1.165) is 11.4 Å². The Bertz CT molecular complexity index is 407. The molecule has 5 heteroatoms. The summed E-state index contributed by atoms with van der Waals surface area (Å²) in [5.41, 5.74) is 1.01. The fraction of sp³-hybridized carbons (Fsp3) is 0.300. The molecular formula is C10H12N4O. The summed E-state index contributed by atoms with van der Waals surface area (Å²) >= 11 is 0. The van der Waals surface area contributed by atoms with Crippen LogP contribution in [0.4, 0.5) is 0 Å². The van der Waals surface area contributed by atoms with Crippen LogP contribution in [0.15, 0.2) is 31.0 Å². The summed E-state index contributed by atoms with van der Waals surface area (Å²) < 4.78 is 1.59. The van der Waals surface area contributed by atoms with Gasteiger partial charge in [-0.3, -0.25) is 0 Å². The van der Waals surface area contributed by atoms with Gasteiger partial charge in [0.1, 0.15) is 12.7 Å². The van der Waals surface area contributed by atoms with Gasteiger partial charge in [0.05, 0.1) is 6.10 Å². The van der Waals surface area contributed by atoms with Crippen molar-refractivity contribution in [3.05, 3.63) is 36.5 Å². The maximum atomic E-state index is 9.20. The highest BCUT2D eigenvalue weighted by atomic mass is 16.3. The average Bonchev–Trinajstić information content (AvgIpc) is 2.71. The molecule has 78 valence electrons. The first-order chi connectivity index (χ1) is 7.25. The molecule has 0 saturated heterocycles. The molecule has 2 aromatic rings. The molecule has 2 rings (SSSR count). The Labute approximate surface area is 87.4 Å². The van der Waals surface area contributed by atoms with Gasteiger partial charge in [-0.2, -0.15) is 5.10 Å². The maximum Gasteiger partial charge on any atom is 0.155 e. The van der Waals surface area contributed by atoms with E-state index in [2.05, 4.69) is 15.1 Å². The molecule has 1 atom stereocenters. The highest BCUT2D eigenvalue weighted by Crippen LogP contribution is 2.05. The molecular weight excluding hydrogens is 192 g/mol. The zero-order valence-electron chi connectivity index (χ0n) is 8.41. The average molecular weight is 204 g/mol. The number of aliphatic hydroxyl groups is 1. The number of rotatable bonds is 3. The SMILES string of the molecule is C[C@H](O)Cc1ccc(-n2cncn2)nc1. The van der Waals surface area contributed by atoms with Crippen LogP contribution in [0.2, 0.25) is 0 Å². The van der Waals surface area contributed by atoms with Crippen LogP contribution in [0.3, 0.4) is 0 Å². The second-order valence-corrected chi connectivity index (χ2v) is 3.42. The Morgan fingerprint density at radius 3 is 2.87 bits per heavy atom. The molecule has 0 bridgehead atoms. The molecule has 5 nitrogen and oxygen atoms in total. The lowest BCUT2D eigenvalue weighted by molar-refractivity contribution is 0.195. The molecule has 0 unspecified atom stereocenters. The minimum atomic E-state index is -0.343. The van der Waals surface area contributed by atoms with Crippen molar-refractivity contribution >= 4 is 0 Å². The van der Waals surface area contributed by atoms with Gasteiger partial charge in [-0.25, -0.2) is 14.6 Å². The fourth-order valence-electron chi connectivity index (χ4n) is 1.34. The molecule has 0 amide bonds. The first-order valence-electron chi connectivity index (χ1n) is 4.73. The van der Waals surface area contributed by atoms with E-state index in [4.69, 9.17) is 0 Å². The van der Waals surface area contributed by atoms with Gasteiger partial charge in [-0.05, 0) is 25.0 Å². The molecule has 0 fully saturated rings. The van der Waals surface area contributed by atoms with E-state index >= 15 is 0 Å². The van der Waals surface area contributed by atoms with Crippen molar-refractivity contribution in [1.82, 2.24) is 19.7 Å². The van der Waals surface area contributed by atoms with Gasteiger partial charge in [0, 0.05) is 6.20 Å². The number of aromatic nitrogens is 4. The lowest BCUT2D eigenvalue weighted by Gasteiger charge is -2.04.